The van der Waals surface area contributed by atoms with Crippen LogP contribution in [0.15, 0.2) is 48.6 Å². The summed E-state index contributed by atoms with van der Waals surface area (Å²) in [6.07, 6.45) is 69.3. The molecule has 412 valence electrons. The van der Waals surface area contributed by atoms with E-state index >= 15 is 0 Å². The first-order valence-corrected chi connectivity index (χ1v) is 31.5. The van der Waals surface area contributed by atoms with E-state index in [9.17, 15) is 19.4 Å². The van der Waals surface area contributed by atoms with Crippen molar-refractivity contribution in [3.63, 3.8) is 0 Å². The van der Waals surface area contributed by atoms with Gasteiger partial charge in [-0.3, -0.25) is 9.36 Å². The van der Waals surface area contributed by atoms with Crippen molar-refractivity contribution >= 4 is 13.7 Å². The Hall–Kier alpha value is -1.54. The van der Waals surface area contributed by atoms with Crippen LogP contribution in [0.25, 0.3) is 0 Å². The molecule has 0 aliphatic carbocycles. The molecule has 0 saturated heterocycles. The molecule has 0 aromatic heterocycles. The Morgan fingerprint density at radius 1 is 0.486 bits per heavy atom. The third-order valence-electron chi connectivity index (χ3n) is 13.5. The van der Waals surface area contributed by atoms with Crippen LogP contribution in [0.4, 0.5) is 0 Å². The number of aliphatic hydroxyl groups is 1. The third kappa shape index (κ3) is 54.2. The van der Waals surface area contributed by atoms with Crippen molar-refractivity contribution in [1.82, 2.24) is 5.32 Å². The van der Waals surface area contributed by atoms with Gasteiger partial charge in [-0.1, -0.05) is 255 Å². The Morgan fingerprint density at radius 2 is 0.800 bits per heavy atom. The predicted octanol–water partition coefficient (Wildman–Crippen LogP) is 17.7. The lowest BCUT2D eigenvalue weighted by Gasteiger charge is -2.29. The minimum atomic E-state index is -4.61. The van der Waals surface area contributed by atoms with Crippen LogP contribution < -0.4 is 10.2 Å². The fourth-order valence-corrected chi connectivity index (χ4v) is 9.49. The van der Waals surface area contributed by atoms with E-state index in [4.69, 9.17) is 9.05 Å². The van der Waals surface area contributed by atoms with Gasteiger partial charge in [-0.2, -0.15) is 0 Å². The third-order valence-corrected chi connectivity index (χ3v) is 14.5. The number of phosphoric acid groups is 1. The van der Waals surface area contributed by atoms with E-state index in [2.05, 4.69) is 55.6 Å². The van der Waals surface area contributed by atoms with Gasteiger partial charge in [-0.15, -0.1) is 0 Å². The summed E-state index contributed by atoms with van der Waals surface area (Å²) in [5, 5.41) is 13.8. The summed E-state index contributed by atoms with van der Waals surface area (Å²) in [7, 11) is 1.24. The molecule has 0 spiro atoms. The Bertz CT molecular complexity index is 1280. The van der Waals surface area contributed by atoms with Crippen LogP contribution in [-0.2, 0) is 18.4 Å². The summed E-state index contributed by atoms with van der Waals surface area (Å²) < 4.78 is 23.3. The van der Waals surface area contributed by atoms with Gasteiger partial charge in [0.1, 0.15) is 13.2 Å². The number of hydrogen-bond acceptors (Lipinski definition) is 6. The number of allylic oxidation sites excluding steroid dienone is 7. The number of rotatable bonds is 55. The van der Waals surface area contributed by atoms with Crippen LogP contribution in [0.3, 0.4) is 0 Å². The average Bonchev–Trinajstić information content (AvgIpc) is 3.32. The topological polar surface area (TPSA) is 108 Å². The molecule has 2 N–H and O–H groups in total. The first-order valence-electron chi connectivity index (χ1n) is 30.0. The van der Waals surface area contributed by atoms with Gasteiger partial charge in [0, 0.05) is 6.42 Å². The Morgan fingerprint density at radius 3 is 1.16 bits per heavy atom. The Labute approximate surface area is 435 Å². The van der Waals surface area contributed by atoms with Crippen LogP contribution >= 0.6 is 7.82 Å². The van der Waals surface area contributed by atoms with E-state index < -0.39 is 26.6 Å². The molecule has 9 heteroatoms. The van der Waals surface area contributed by atoms with Crippen LogP contribution in [-0.4, -0.2) is 68.5 Å². The zero-order valence-corrected chi connectivity index (χ0v) is 47.9. The fourth-order valence-electron chi connectivity index (χ4n) is 8.77. The largest absolute Gasteiger partial charge is 0.756 e. The highest BCUT2D eigenvalue weighted by atomic mass is 31.2. The van der Waals surface area contributed by atoms with E-state index in [0.29, 0.717) is 17.4 Å². The van der Waals surface area contributed by atoms with Gasteiger partial charge >= 0.3 is 0 Å². The first-order chi connectivity index (χ1) is 34.0. The predicted molar refractivity (Wildman–Crippen MR) is 302 cm³/mol. The molecular formula is C61H117N2O6P. The molecular weight excluding hydrogens is 888 g/mol. The average molecular weight is 1010 g/mol. The number of quaternary nitrogens is 1. The monoisotopic (exact) mass is 1000 g/mol. The maximum atomic E-state index is 13.0. The van der Waals surface area contributed by atoms with Crippen LogP contribution in [0, 0.1) is 0 Å². The van der Waals surface area contributed by atoms with Gasteiger partial charge in [0.05, 0.1) is 39.9 Å². The minimum absolute atomic E-state index is 0.00847. The summed E-state index contributed by atoms with van der Waals surface area (Å²) in [6, 6.07) is -0.909. The molecule has 0 fully saturated rings. The lowest BCUT2D eigenvalue weighted by molar-refractivity contribution is -0.870. The van der Waals surface area contributed by atoms with E-state index in [1.807, 2.05) is 27.2 Å². The van der Waals surface area contributed by atoms with Crippen molar-refractivity contribution in [3.8, 4) is 0 Å². The molecule has 0 aliphatic heterocycles. The van der Waals surface area contributed by atoms with Gasteiger partial charge in [-0.05, 0) is 70.6 Å². The second-order valence-electron chi connectivity index (χ2n) is 21.7. The Kier molecular flexibility index (Phi) is 51.2. The van der Waals surface area contributed by atoms with Gasteiger partial charge in [-0.25, -0.2) is 0 Å². The van der Waals surface area contributed by atoms with Crippen LogP contribution in [0.5, 0.6) is 0 Å². The van der Waals surface area contributed by atoms with Crippen molar-refractivity contribution in [2.45, 2.75) is 296 Å². The smallest absolute Gasteiger partial charge is 0.268 e. The van der Waals surface area contributed by atoms with Crippen molar-refractivity contribution in [1.29, 1.82) is 0 Å². The summed E-state index contributed by atoms with van der Waals surface area (Å²) >= 11 is 0. The molecule has 0 bridgehead atoms. The van der Waals surface area contributed by atoms with Gasteiger partial charge in [0.15, 0.2) is 0 Å². The van der Waals surface area contributed by atoms with E-state index in [0.717, 1.165) is 44.9 Å². The van der Waals surface area contributed by atoms with Crippen molar-refractivity contribution < 1.29 is 32.9 Å². The molecule has 0 aromatic rings. The normalized spacial score (nSPS) is 14.2. The quantitative estimate of drug-likeness (QED) is 0.0272. The second kappa shape index (κ2) is 52.3. The minimum Gasteiger partial charge on any atom is -0.756 e. The lowest BCUT2D eigenvalue weighted by Crippen LogP contribution is -2.45. The maximum absolute atomic E-state index is 13.0. The highest BCUT2D eigenvalue weighted by Crippen LogP contribution is 2.38. The van der Waals surface area contributed by atoms with Crippen LogP contribution in [0.1, 0.15) is 284 Å². The number of hydrogen-bond donors (Lipinski definition) is 2. The van der Waals surface area contributed by atoms with Gasteiger partial charge in [0.25, 0.3) is 7.82 Å². The molecule has 0 saturated carbocycles. The molecule has 1 amide bonds. The molecule has 3 atom stereocenters. The van der Waals surface area contributed by atoms with Gasteiger partial charge in [0.2, 0.25) is 5.91 Å². The Balaban J connectivity index is 4.04. The van der Waals surface area contributed by atoms with Crippen molar-refractivity contribution in [2.24, 2.45) is 0 Å². The molecule has 0 heterocycles. The first kappa shape index (κ1) is 68.5. The number of likely N-dealkylation sites (N-methyl/N-ethyl adjacent to an activating group) is 1. The maximum Gasteiger partial charge on any atom is 0.268 e. The highest BCUT2D eigenvalue weighted by Gasteiger charge is 2.23. The zero-order chi connectivity index (χ0) is 51.3. The summed E-state index contributed by atoms with van der Waals surface area (Å²) in [4.78, 5) is 25.5. The number of phosphoric ester groups is 1. The van der Waals surface area contributed by atoms with Crippen molar-refractivity contribution in [2.75, 3.05) is 40.9 Å². The molecule has 0 aromatic carbocycles. The number of nitrogens with one attached hydrogen (secondary N) is 1. The number of unbranched alkanes of at least 4 members (excludes halogenated alkanes) is 36. The number of carbonyl (C=O) groups excluding carboxylic acids is 1. The van der Waals surface area contributed by atoms with Gasteiger partial charge < -0.3 is 28.8 Å². The highest BCUT2D eigenvalue weighted by molar-refractivity contribution is 7.45. The fraction of sp³-hybridized carbons (Fsp3) is 0.852. The molecule has 0 radical (unpaired) electrons. The van der Waals surface area contributed by atoms with E-state index in [1.165, 1.54) is 218 Å². The zero-order valence-electron chi connectivity index (χ0n) is 47.0. The SMILES string of the molecule is CCCCCCC/C=C/CC/C=C/CC/C=C/C(O)C(COP(=O)([O-])OCC[N+](C)(C)C)NC(=O)CCCCCCCCCCCCCCCCCCCCCCC/C=C\CCCCCCCCCC. The second-order valence-corrected chi connectivity index (χ2v) is 23.1. The number of nitrogens with zero attached hydrogens (tertiary/aromatic N) is 1. The molecule has 0 aliphatic rings. The molecule has 70 heavy (non-hydrogen) atoms. The van der Waals surface area contributed by atoms with E-state index in [1.54, 1.807) is 6.08 Å². The van der Waals surface area contributed by atoms with Crippen LogP contribution in [0.2, 0.25) is 0 Å². The standard InChI is InChI=1S/C61H117N2O6P/c1-6-8-10-12-14-16-18-20-22-23-24-25-26-27-28-29-30-31-32-33-34-35-36-37-38-39-41-43-45-47-49-51-53-55-61(65)62-59(58-69-70(66,67)68-57-56-63(3,4)5)60(64)54-52-50-48-46-44-42-40-21-19-17-15-13-11-9-7-2/h19,21,23-24,44,46,52,54,59-60,64H,6-18,20,22,25-43,45,47-51,53,55-58H2,1-5H3,(H-,62,65,66,67)/b21-19+,24-23-,46-44+,54-52+. The number of aliphatic hydroxyl groups excluding tert-OH is 1. The molecule has 3 unspecified atom stereocenters. The number of amides is 1. The summed E-state index contributed by atoms with van der Waals surface area (Å²) in [5.41, 5.74) is 0. The summed E-state index contributed by atoms with van der Waals surface area (Å²) in [5.74, 6) is -0.208. The lowest BCUT2D eigenvalue weighted by atomic mass is 10.0. The van der Waals surface area contributed by atoms with E-state index in [-0.39, 0.29) is 12.5 Å². The number of carbonyl (C=O) groups is 1. The molecule has 0 rings (SSSR count). The molecule has 8 nitrogen and oxygen atoms in total. The van der Waals surface area contributed by atoms with Crippen molar-refractivity contribution in [3.05, 3.63) is 48.6 Å². The summed E-state index contributed by atoms with van der Waals surface area (Å²) in [6.45, 7) is 4.62.